The Morgan fingerprint density at radius 2 is 1.88 bits per heavy atom. The summed E-state index contributed by atoms with van der Waals surface area (Å²) < 4.78 is 14.9. The molecule has 4 atom stereocenters. The molecule has 3 saturated carbocycles. The number of carbonyl (C=O) groups excluding carboxylic acids is 3. The van der Waals surface area contributed by atoms with Crippen LogP contribution in [0.2, 0.25) is 0 Å². The summed E-state index contributed by atoms with van der Waals surface area (Å²) in [4.78, 5) is 36.6. The Hall–Kier alpha value is -2.57. The smallest absolute Gasteiger partial charge is 0.408 e. The van der Waals surface area contributed by atoms with Crippen LogP contribution in [0, 0.1) is 17.8 Å². The van der Waals surface area contributed by atoms with Crippen LogP contribution in [0.15, 0.2) is 30.3 Å². The van der Waals surface area contributed by atoms with Gasteiger partial charge in [-0.1, -0.05) is 30.3 Å². The molecule has 3 fully saturated rings. The van der Waals surface area contributed by atoms with Crippen LogP contribution in [0.1, 0.15) is 18.4 Å². The van der Waals surface area contributed by atoms with Crippen molar-refractivity contribution >= 4 is 18.0 Å². The minimum Gasteiger partial charge on any atom is -0.469 e. The molecular formula is C18H21NO6. The van der Waals surface area contributed by atoms with Crippen molar-refractivity contribution in [3.63, 3.8) is 0 Å². The lowest BCUT2D eigenvalue weighted by Crippen LogP contribution is -2.58. The molecule has 2 bridgehead atoms. The number of alkyl carbamates (subject to hydrolysis) is 1. The number of hydrogen-bond acceptors (Lipinski definition) is 6. The van der Waals surface area contributed by atoms with E-state index in [1.165, 1.54) is 14.2 Å². The van der Waals surface area contributed by atoms with Crippen LogP contribution in [0.5, 0.6) is 0 Å². The Bertz CT molecular complexity index is 675. The van der Waals surface area contributed by atoms with E-state index in [4.69, 9.17) is 14.2 Å². The molecule has 3 aliphatic carbocycles. The molecular weight excluding hydrogens is 326 g/mol. The lowest BCUT2D eigenvalue weighted by Gasteiger charge is -2.38. The van der Waals surface area contributed by atoms with Crippen LogP contribution in [0.25, 0.3) is 0 Å². The Kier molecular flexibility index (Phi) is 4.65. The Morgan fingerprint density at radius 3 is 2.52 bits per heavy atom. The van der Waals surface area contributed by atoms with Gasteiger partial charge in [0, 0.05) is 5.92 Å². The van der Waals surface area contributed by atoms with Crippen molar-refractivity contribution in [2.24, 2.45) is 17.8 Å². The average Bonchev–Trinajstić information content (AvgIpc) is 3.14. The van der Waals surface area contributed by atoms with Crippen molar-refractivity contribution in [3.05, 3.63) is 35.9 Å². The van der Waals surface area contributed by atoms with Crippen LogP contribution >= 0.6 is 0 Å². The first-order valence-corrected chi connectivity index (χ1v) is 8.17. The molecule has 134 valence electrons. The van der Waals surface area contributed by atoms with E-state index in [0.717, 1.165) is 5.56 Å². The molecule has 0 unspecified atom stereocenters. The first-order chi connectivity index (χ1) is 12.0. The maximum absolute atomic E-state index is 12.4. The first-order valence-electron chi connectivity index (χ1n) is 8.17. The van der Waals surface area contributed by atoms with Crippen molar-refractivity contribution in [2.75, 3.05) is 14.2 Å². The molecule has 0 heterocycles. The van der Waals surface area contributed by atoms with E-state index in [0.29, 0.717) is 12.8 Å². The number of rotatable bonds is 5. The van der Waals surface area contributed by atoms with E-state index >= 15 is 0 Å². The minimum absolute atomic E-state index is 0.00553. The molecule has 0 aromatic heterocycles. The van der Waals surface area contributed by atoms with E-state index < -0.39 is 23.5 Å². The third-order valence-corrected chi connectivity index (χ3v) is 5.28. The predicted molar refractivity (Wildman–Crippen MR) is 86.2 cm³/mol. The molecule has 1 aromatic rings. The zero-order chi connectivity index (χ0) is 18.0. The number of fused-ring (bicyclic) bond motifs is 1. The average molecular weight is 347 g/mol. The van der Waals surface area contributed by atoms with Crippen molar-refractivity contribution in [1.82, 2.24) is 5.32 Å². The molecule has 25 heavy (non-hydrogen) atoms. The van der Waals surface area contributed by atoms with Crippen LogP contribution in [-0.2, 0) is 30.4 Å². The number of benzene rings is 1. The fraction of sp³-hybridized carbons (Fsp3) is 0.500. The van der Waals surface area contributed by atoms with Crippen LogP contribution in [-0.4, -0.2) is 37.8 Å². The number of methoxy groups -OCH3 is 2. The number of nitrogens with one attached hydrogen (secondary N) is 1. The van der Waals surface area contributed by atoms with E-state index in [9.17, 15) is 14.4 Å². The standard InChI is InChI=1S/C18H21NO6/c1-23-15(20)14-12-8-13(14)18(9-12,16(21)24-2)19-17(22)25-10-11-6-4-3-5-7-11/h3-7,12-14H,8-10H2,1-2H3,(H,19,22)/t12-,13-,14+,18-/m0/s1. The zero-order valence-corrected chi connectivity index (χ0v) is 14.2. The van der Waals surface area contributed by atoms with Crippen LogP contribution in [0.4, 0.5) is 4.79 Å². The third kappa shape index (κ3) is 2.94. The molecule has 4 rings (SSSR count). The lowest BCUT2D eigenvalue weighted by atomic mass is 9.69. The summed E-state index contributed by atoms with van der Waals surface area (Å²) in [6, 6.07) is 9.24. The quantitative estimate of drug-likeness (QED) is 0.643. The Labute approximate surface area is 145 Å². The second-order valence-electron chi connectivity index (χ2n) is 6.51. The lowest BCUT2D eigenvalue weighted by molar-refractivity contribution is -0.157. The largest absolute Gasteiger partial charge is 0.469 e. The summed E-state index contributed by atoms with van der Waals surface area (Å²) in [7, 11) is 2.59. The molecule has 0 aliphatic heterocycles. The molecule has 0 radical (unpaired) electrons. The predicted octanol–water partition coefficient (Wildman–Crippen LogP) is 1.65. The fourth-order valence-electron chi connectivity index (χ4n) is 4.08. The highest BCUT2D eigenvalue weighted by Gasteiger charge is 2.69. The van der Waals surface area contributed by atoms with Crippen molar-refractivity contribution in [1.29, 1.82) is 0 Å². The van der Waals surface area contributed by atoms with E-state index in [2.05, 4.69) is 5.32 Å². The van der Waals surface area contributed by atoms with Crippen LogP contribution < -0.4 is 5.32 Å². The molecule has 1 N–H and O–H groups in total. The van der Waals surface area contributed by atoms with Gasteiger partial charge in [0.15, 0.2) is 0 Å². The van der Waals surface area contributed by atoms with Gasteiger partial charge in [0.1, 0.15) is 12.1 Å². The fourth-order valence-corrected chi connectivity index (χ4v) is 4.08. The summed E-state index contributed by atoms with van der Waals surface area (Å²) in [6.07, 6.45) is 0.323. The maximum atomic E-state index is 12.4. The SMILES string of the molecule is COC(=O)[C@@H]1[C@H]2C[C@@H]1[C@](NC(=O)OCc1ccccc1)(C(=O)OC)C2. The first kappa shape index (κ1) is 17.3. The topological polar surface area (TPSA) is 90.9 Å². The molecule has 1 aromatic carbocycles. The van der Waals surface area contributed by atoms with Gasteiger partial charge in [-0.2, -0.15) is 0 Å². The monoisotopic (exact) mass is 347 g/mol. The summed E-state index contributed by atoms with van der Waals surface area (Å²) >= 11 is 0. The number of hydrogen-bond donors (Lipinski definition) is 1. The van der Waals surface area contributed by atoms with Gasteiger partial charge < -0.3 is 19.5 Å². The molecule has 7 heteroatoms. The van der Waals surface area contributed by atoms with Gasteiger partial charge in [-0.25, -0.2) is 9.59 Å². The molecule has 0 spiro atoms. The maximum Gasteiger partial charge on any atom is 0.408 e. The van der Waals surface area contributed by atoms with E-state index in [-0.39, 0.29) is 24.4 Å². The number of amides is 1. The molecule has 1 amide bonds. The van der Waals surface area contributed by atoms with Crippen molar-refractivity contribution in [3.8, 4) is 0 Å². The minimum atomic E-state index is -1.23. The second kappa shape index (κ2) is 6.74. The van der Waals surface area contributed by atoms with Crippen molar-refractivity contribution < 1.29 is 28.6 Å². The third-order valence-electron chi connectivity index (χ3n) is 5.28. The molecule has 3 aliphatic rings. The summed E-state index contributed by atoms with van der Waals surface area (Å²) in [6.45, 7) is 0.0957. The number of ether oxygens (including phenoxy) is 3. The van der Waals surface area contributed by atoms with Crippen molar-refractivity contribution in [2.45, 2.75) is 25.0 Å². The highest BCUT2D eigenvalue weighted by molar-refractivity contribution is 5.89. The van der Waals surface area contributed by atoms with Crippen LogP contribution in [0.3, 0.4) is 0 Å². The highest BCUT2D eigenvalue weighted by Crippen LogP contribution is 2.59. The van der Waals surface area contributed by atoms with Gasteiger partial charge in [0.2, 0.25) is 0 Å². The van der Waals surface area contributed by atoms with Gasteiger partial charge in [0.25, 0.3) is 0 Å². The van der Waals surface area contributed by atoms with E-state index in [1.54, 1.807) is 0 Å². The summed E-state index contributed by atoms with van der Waals surface area (Å²) in [5, 5.41) is 2.67. The second-order valence-corrected chi connectivity index (χ2v) is 6.51. The zero-order valence-electron chi connectivity index (χ0n) is 14.2. The van der Waals surface area contributed by atoms with Gasteiger partial charge in [0.05, 0.1) is 20.1 Å². The Balaban J connectivity index is 1.69. The summed E-state index contributed by atoms with van der Waals surface area (Å²) in [5.41, 5.74) is -0.389. The van der Waals surface area contributed by atoms with E-state index in [1.807, 2.05) is 30.3 Å². The Morgan fingerprint density at radius 1 is 1.16 bits per heavy atom. The number of esters is 2. The molecule has 0 saturated heterocycles. The summed E-state index contributed by atoms with van der Waals surface area (Å²) in [5.74, 6) is -1.62. The van der Waals surface area contributed by atoms with Gasteiger partial charge in [-0.3, -0.25) is 4.79 Å². The molecule has 7 nitrogen and oxygen atoms in total. The number of carbonyl (C=O) groups is 3. The van der Waals surface area contributed by atoms with Gasteiger partial charge in [-0.15, -0.1) is 0 Å². The highest BCUT2D eigenvalue weighted by atomic mass is 16.6. The van der Waals surface area contributed by atoms with Gasteiger partial charge in [-0.05, 0) is 24.3 Å². The van der Waals surface area contributed by atoms with Gasteiger partial charge >= 0.3 is 18.0 Å². The normalized spacial score (nSPS) is 29.3.